The molecule has 1 fully saturated rings. The first kappa shape index (κ1) is 24.0. The second kappa shape index (κ2) is 9.73. The highest BCUT2D eigenvalue weighted by molar-refractivity contribution is 9.10. The number of nitrogens with two attached hydrogens (primary N) is 1. The SMILES string of the molecule is N[SH+](=O)c1ccc(Cc2c(-c3ccc(F)c(Br)c3)nn(-c3nc(C(=O)O)cs3)c2CC2CC2)cc1. The largest absolute Gasteiger partial charge is 0.476 e. The second-order valence-corrected chi connectivity index (χ2v) is 11.3. The Morgan fingerprint density at radius 1 is 1.26 bits per heavy atom. The molecule has 35 heavy (non-hydrogen) atoms. The molecule has 1 unspecified atom stereocenters. The number of carboxylic acids is 1. The fourth-order valence-corrected chi connectivity index (χ4v) is 5.53. The summed E-state index contributed by atoms with van der Waals surface area (Å²) in [7, 11) is -1.92. The van der Waals surface area contributed by atoms with Gasteiger partial charge >= 0.3 is 5.97 Å². The predicted octanol–water partition coefficient (Wildman–Crippen LogP) is 5.07. The summed E-state index contributed by atoms with van der Waals surface area (Å²) >= 11 is 4.49. The second-order valence-electron chi connectivity index (χ2n) is 8.45. The lowest BCUT2D eigenvalue weighted by Gasteiger charge is -2.09. The molecule has 0 spiro atoms. The van der Waals surface area contributed by atoms with Gasteiger partial charge in [-0.15, -0.1) is 16.5 Å². The summed E-state index contributed by atoms with van der Waals surface area (Å²) in [5, 5.41) is 21.8. The lowest BCUT2D eigenvalue weighted by Crippen LogP contribution is -2.06. The van der Waals surface area contributed by atoms with Crippen LogP contribution in [0.2, 0.25) is 0 Å². The number of thiazole rings is 1. The quantitative estimate of drug-likeness (QED) is 0.225. The van der Waals surface area contributed by atoms with E-state index in [0.29, 0.717) is 32.5 Å². The fraction of sp³-hybridized carbons (Fsp3) is 0.208. The van der Waals surface area contributed by atoms with Gasteiger partial charge in [-0.25, -0.2) is 18.9 Å². The van der Waals surface area contributed by atoms with Gasteiger partial charge < -0.3 is 5.11 Å². The van der Waals surface area contributed by atoms with Crippen molar-refractivity contribution in [3.8, 4) is 16.4 Å². The van der Waals surface area contributed by atoms with E-state index in [-0.39, 0.29) is 11.5 Å². The molecular formula is C24H21BrFN4O3S2+. The summed E-state index contributed by atoms with van der Waals surface area (Å²) in [5.41, 5.74) is 4.30. The molecule has 0 bridgehead atoms. The number of rotatable bonds is 8. The summed E-state index contributed by atoms with van der Waals surface area (Å²) in [5.74, 6) is -0.936. The zero-order valence-electron chi connectivity index (χ0n) is 18.3. The van der Waals surface area contributed by atoms with Crippen LogP contribution in [0.5, 0.6) is 0 Å². The average molecular weight is 576 g/mol. The molecule has 1 aliphatic carbocycles. The van der Waals surface area contributed by atoms with Gasteiger partial charge in [0.2, 0.25) is 5.13 Å². The molecule has 0 radical (unpaired) electrons. The van der Waals surface area contributed by atoms with Crippen LogP contribution in [0, 0.1) is 11.7 Å². The molecule has 1 atom stereocenters. The molecule has 180 valence electrons. The van der Waals surface area contributed by atoms with E-state index in [1.807, 2.05) is 12.1 Å². The topological polar surface area (TPSA) is 111 Å². The number of aromatic nitrogens is 3. The van der Waals surface area contributed by atoms with Crippen molar-refractivity contribution < 1.29 is 18.5 Å². The first-order valence-electron chi connectivity index (χ1n) is 10.9. The smallest absolute Gasteiger partial charge is 0.355 e. The molecule has 7 nitrogen and oxygen atoms in total. The van der Waals surface area contributed by atoms with E-state index in [9.17, 15) is 18.5 Å². The highest BCUT2D eigenvalue weighted by atomic mass is 79.9. The van der Waals surface area contributed by atoms with Crippen LogP contribution in [0.15, 0.2) is 57.2 Å². The van der Waals surface area contributed by atoms with Gasteiger partial charge in [-0.2, -0.15) is 5.10 Å². The highest BCUT2D eigenvalue weighted by Gasteiger charge is 2.29. The van der Waals surface area contributed by atoms with E-state index in [4.69, 9.17) is 10.2 Å². The lowest BCUT2D eigenvalue weighted by atomic mass is 9.97. The van der Waals surface area contributed by atoms with E-state index < -0.39 is 17.0 Å². The van der Waals surface area contributed by atoms with Gasteiger partial charge in [0.05, 0.1) is 15.9 Å². The van der Waals surface area contributed by atoms with Crippen molar-refractivity contribution in [3.05, 3.63) is 80.6 Å². The molecule has 4 aromatic rings. The van der Waals surface area contributed by atoms with Crippen LogP contribution >= 0.6 is 27.3 Å². The normalized spacial score (nSPS) is 14.3. The molecule has 1 saturated carbocycles. The van der Waals surface area contributed by atoms with E-state index in [0.717, 1.165) is 41.6 Å². The minimum atomic E-state index is -1.92. The minimum Gasteiger partial charge on any atom is -0.476 e. The standard InChI is InChI=1S/C24H20BrFN4O3S2/c25-18-11-15(5-8-19(18)26)22-17(9-13-3-6-16(7-4-13)35(27)33)21(10-14-1-2-14)30(29-22)24-28-20(12-34-24)23(31)32/h3-8,11-12,14H,1-2,9-10H2,(H2,27,33)(H,31,32)/p+1. The Morgan fingerprint density at radius 3 is 2.60 bits per heavy atom. The molecule has 0 aliphatic heterocycles. The fourth-order valence-electron chi connectivity index (χ4n) is 3.93. The highest BCUT2D eigenvalue weighted by Crippen LogP contribution is 2.38. The number of hydrogen-bond acceptors (Lipinski definition) is 5. The Bertz CT molecular complexity index is 1450. The van der Waals surface area contributed by atoms with Gasteiger partial charge in [-0.3, -0.25) is 0 Å². The molecule has 0 amide bonds. The molecule has 11 heteroatoms. The van der Waals surface area contributed by atoms with Crippen molar-refractivity contribution >= 4 is 44.2 Å². The van der Waals surface area contributed by atoms with E-state index in [2.05, 4.69) is 20.9 Å². The number of aromatic carboxylic acids is 1. The lowest BCUT2D eigenvalue weighted by molar-refractivity contribution is 0.0691. The monoisotopic (exact) mass is 575 g/mol. The molecular weight excluding hydrogens is 555 g/mol. The van der Waals surface area contributed by atoms with Gasteiger partial charge in [0.15, 0.2) is 21.6 Å². The number of carboxylic acid groups (broad SMARTS) is 1. The van der Waals surface area contributed by atoms with Gasteiger partial charge in [0.25, 0.3) is 0 Å². The summed E-state index contributed by atoms with van der Waals surface area (Å²) < 4.78 is 27.7. The van der Waals surface area contributed by atoms with E-state index in [1.165, 1.54) is 22.8 Å². The number of halogens is 2. The maximum absolute atomic E-state index is 14.0. The predicted molar refractivity (Wildman–Crippen MR) is 137 cm³/mol. The molecule has 5 rings (SSSR count). The summed E-state index contributed by atoms with van der Waals surface area (Å²) in [6, 6.07) is 12.1. The average Bonchev–Trinajstić information content (AvgIpc) is 3.39. The van der Waals surface area contributed by atoms with Gasteiger partial charge in [0.1, 0.15) is 5.82 Å². The third-order valence-corrected chi connectivity index (χ3v) is 8.16. The number of hydrogen-bond donors (Lipinski definition) is 2. The van der Waals surface area contributed by atoms with Crippen LogP contribution in [0.3, 0.4) is 0 Å². The maximum atomic E-state index is 14.0. The first-order chi connectivity index (χ1) is 16.8. The van der Waals surface area contributed by atoms with E-state index >= 15 is 0 Å². The number of thiol groups is 1. The Labute approximate surface area is 215 Å². The molecule has 2 aromatic carbocycles. The first-order valence-corrected chi connectivity index (χ1v) is 13.9. The van der Waals surface area contributed by atoms with Crippen molar-refractivity contribution in [3.63, 3.8) is 0 Å². The van der Waals surface area contributed by atoms with Crippen LogP contribution in [-0.2, 0) is 28.0 Å². The third kappa shape index (κ3) is 5.13. The number of benzene rings is 2. The Balaban J connectivity index is 1.67. The molecule has 2 aromatic heterocycles. The van der Waals surface area contributed by atoms with Gasteiger partial charge in [0, 0.05) is 22.9 Å². The van der Waals surface area contributed by atoms with Crippen molar-refractivity contribution in [2.24, 2.45) is 11.1 Å². The van der Waals surface area contributed by atoms with Crippen molar-refractivity contribution in [1.29, 1.82) is 0 Å². The molecule has 0 saturated heterocycles. The van der Waals surface area contributed by atoms with E-state index in [1.54, 1.807) is 28.9 Å². The summed E-state index contributed by atoms with van der Waals surface area (Å²) in [6.45, 7) is 0. The van der Waals surface area contributed by atoms with Crippen LogP contribution < -0.4 is 5.14 Å². The van der Waals surface area contributed by atoms with Gasteiger partial charge in [-0.05, 0) is 77.0 Å². The Morgan fingerprint density at radius 2 is 2.00 bits per heavy atom. The Hall–Kier alpha value is -2.73. The van der Waals surface area contributed by atoms with Crippen molar-refractivity contribution in [2.75, 3.05) is 0 Å². The van der Waals surface area contributed by atoms with Gasteiger partial charge in [-0.1, -0.05) is 16.3 Å². The molecule has 3 N–H and O–H groups in total. The van der Waals surface area contributed by atoms with Crippen LogP contribution in [0.1, 0.15) is 40.2 Å². The van der Waals surface area contributed by atoms with Crippen LogP contribution in [0.25, 0.3) is 16.4 Å². The summed E-state index contributed by atoms with van der Waals surface area (Å²) in [6.07, 6.45) is 3.56. The Kier molecular flexibility index (Phi) is 6.67. The molecule has 1 aliphatic rings. The minimum absolute atomic E-state index is 0.0306. The summed E-state index contributed by atoms with van der Waals surface area (Å²) in [4.78, 5) is 16.3. The van der Waals surface area contributed by atoms with Crippen LogP contribution in [0.4, 0.5) is 4.39 Å². The molecule has 2 heterocycles. The van der Waals surface area contributed by atoms with Crippen molar-refractivity contribution in [2.45, 2.75) is 30.6 Å². The number of nitrogens with zero attached hydrogens (tertiary/aromatic N) is 3. The van der Waals surface area contributed by atoms with Crippen molar-refractivity contribution in [1.82, 2.24) is 14.8 Å². The maximum Gasteiger partial charge on any atom is 0.355 e. The third-order valence-electron chi connectivity index (χ3n) is 5.93. The number of carbonyl (C=O) groups is 1. The zero-order chi connectivity index (χ0) is 24.7. The zero-order valence-corrected chi connectivity index (χ0v) is 21.6. The van der Waals surface area contributed by atoms with Crippen LogP contribution in [-0.4, -0.2) is 25.8 Å².